The van der Waals surface area contributed by atoms with Crippen LogP contribution in [0.3, 0.4) is 0 Å². The minimum atomic E-state index is -1.27. The van der Waals surface area contributed by atoms with Gasteiger partial charge < -0.3 is 14.6 Å². The van der Waals surface area contributed by atoms with Gasteiger partial charge in [-0.1, -0.05) is 28.1 Å². The van der Waals surface area contributed by atoms with Gasteiger partial charge in [0.1, 0.15) is 19.0 Å². The topological polar surface area (TPSA) is 93.1 Å². The van der Waals surface area contributed by atoms with Gasteiger partial charge in [-0.3, -0.25) is 19.3 Å². The van der Waals surface area contributed by atoms with Crippen molar-refractivity contribution in [2.24, 2.45) is 0 Å². The van der Waals surface area contributed by atoms with Gasteiger partial charge in [0.2, 0.25) is 0 Å². The lowest BCUT2D eigenvalue weighted by molar-refractivity contribution is -0.140. The maximum atomic E-state index is 13.4. The quantitative estimate of drug-likeness (QED) is 0.516. The molecule has 7 nitrogen and oxygen atoms in total. The van der Waals surface area contributed by atoms with Gasteiger partial charge in [0, 0.05) is 4.47 Å². The number of carboxylic acids is 1. The van der Waals surface area contributed by atoms with E-state index in [-0.39, 0.29) is 17.3 Å². The minimum Gasteiger partial charge on any atom is -0.490 e. The maximum absolute atomic E-state index is 13.4. The molecule has 2 aromatic carbocycles. The molecular formula is C21H17BrFNO6S. The summed E-state index contributed by atoms with van der Waals surface area (Å²) in [6.45, 7) is 1.58. The van der Waals surface area contributed by atoms with E-state index in [0.29, 0.717) is 50.4 Å². The highest BCUT2D eigenvalue weighted by Gasteiger charge is 2.36. The van der Waals surface area contributed by atoms with Gasteiger partial charge in [0.15, 0.2) is 11.5 Å². The van der Waals surface area contributed by atoms with Crippen LogP contribution in [0.15, 0.2) is 45.8 Å². The molecule has 1 fully saturated rings. The van der Waals surface area contributed by atoms with E-state index < -0.39 is 23.7 Å². The third-order valence-electron chi connectivity index (χ3n) is 4.10. The van der Waals surface area contributed by atoms with E-state index in [0.717, 1.165) is 0 Å². The number of carboxylic acid groups (broad SMARTS) is 1. The van der Waals surface area contributed by atoms with E-state index in [1.165, 1.54) is 18.2 Å². The van der Waals surface area contributed by atoms with Crippen LogP contribution in [0.2, 0.25) is 0 Å². The zero-order chi connectivity index (χ0) is 22.5. The van der Waals surface area contributed by atoms with Gasteiger partial charge in [0.25, 0.3) is 11.1 Å². The smallest absolute Gasteiger partial charge is 0.323 e. The van der Waals surface area contributed by atoms with Gasteiger partial charge in [-0.2, -0.15) is 0 Å². The number of halogens is 2. The molecular weight excluding hydrogens is 493 g/mol. The fourth-order valence-electron chi connectivity index (χ4n) is 2.74. The van der Waals surface area contributed by atoms with Crippen molar-refractivity contribution in [2.45, 2.75) is 13.5 Å². The molecule has 0 aromatic heterocycles. The lowest BCUT2D eigenvalue weighted by atomic mass is 10.1. The van der Waals surface area contributed by atoms with Gasteiger partial charge in [-0.15, -0.1) is 0 Å². The Morgan fingerprint density at radius 2 is 1.97 bits per heavy atom. The van der Waals surface area contributed by atoms with Crippen LogP contribution in [0.1, 0.15) is 18.1 Å². The van der Waals surface area contributed by atoms with Crippen molar-refractivity contribution < 1.29 is 33.4 Å². The molecule has 1 N–H and O–H groups in total. The predicted molar refractivity (Wildman–Crippen MR) is 116 cm³/mol. The first-order valence-electron chi connectivity index (χ1n) is 9.09. The van der Waals surface area contributed by atoms with Crippen molar-refractivity contribution in [1.29, 1.82) is 0 Å². The van der Waals surface area contributed by atoms with Gasteiger partial charge in [0.05, 0.1) is 11.5 Å². The molecule has 31 heavy (non-hydrogen) atoms. The lowest BCUT2D eigenvalue weighted by Crippen LogP contribution is -2.33. The first kappa shape index (κ1) is 22.8. The predicted octanol–water partition coefficient (Wildman–Crippen LogP) is 4.69. The number of carbonyl (C=O) groups is 3. The molecule has 0 atom stereocenters. The van der Waals surface area contributed by atoms with E-state index >= 15 is 0 Å². The molecule has 1 saturated heterocycles. The van der Waals surface area contributed by atoms with Crippen LogP contribution < -0.4 is 9.47 Å². The summed E-state index contributed by atoms with van der Waals surface area (Å²) >= 11 is 4.08. The summed E-state index contributed by atoms with van der Waals surface area (Å²) < 4.78 is 25.4. The Kier molecular flexibility index (Phi) is 7.34. The van der Waals surface area contributed by atoms with Crippen molar-refractivity contribution in [2.75, 3.05) is 13.2 Å². The number of rotatable bonds is 8. The molecule has 1 aliphatic rings. The molecule has 0 saturated carbocycles. The molecule has 10 heteroatoms. The van der Waals surface area contributed by atoms with Crippen molar-refractivity contribution >= 4 is 50.9 Å². The molecule has 2 amide bonds. The van der Waals surface area contributed by atoms with Crippen LogP contribution in [0.4, 0.5) is 9.18 Å². The second-order valence-corrected chi connectivity index (χ2v) is 8.18. The number of benzene rings is 2. The fraction of sp³-hybridized carbons (Fsp3) is 0.190. The van der Waals surface area contributed by atoms with E-state index in [2.05, 4.69) is 15.9 Å². The van der Waals surface area contributed by atoms with Crippen LogP contribution in [0, 0.1) is 5.82 Å². The van der Waals surface area contributed by atoms with Gasteiger partial charge >= 0.3 is 5.97 Å². The zero-order valence-electron chi connectivity index (χ0n) is 16.3. The number of amides is 2. The minimum absolute atomic E-state index is 0.0998. The summed E-state index contributed by atoms with van der Waals surface area (Å²) in [5, 5.41) is 8.23. The number of aliphatic carboxylic acids is 1. The maximum Gasteiger partial charge on any atom is 0.323 e. The third-order valence-corrected chi connectivity index (χ3v) is 5.69. The Balaban J connectivity index is 1.86. The molecule has 0 unspecified atom stereocenters. The Morgan fingerprint density at radius 1 is 1.23 bits per heavy atom. The highest BCUT2D eigenvalue weighted by atomic mass is 79.9. The largest absolute Gasteiger partial charge is 0.490 e. The van der Waals surface area contributed by atoms with Crippen LogP contribution in [-0.2, 0) is 16.2 Å². The summed E-state index contributed by atoms with van der Waals surface area (Å²) in [4.78, 5) is 36.0. The lowest BCUT2D eigenvalue weighted by Gasteiger charge is -2.14. The average Bonchev–Trinajstić information content (AvgIpc) is 2.96. The Hall–Kier alpha value is -2.85. The van der Waals surface area contributed by atoms with Crippen molar-refractivity contribution in [3.8, 4) is 11.5 Å². The molecule has 0 radical (unpaired) electrons. The van der Waals surface area contributed by atoms with E-state index in [1.54, 1.807) is 31.2 Å². The zero-order valence-corrected chi connectivity index (χ0v) is 18.7. The number of hydrogen-bond acceptors (Lipinski definition) is 6. The average molecular weight is 510 g/mol. The van der Waals surface area contributed by atoms with Gasteiger partial charge in [-0.25, -0.2) is 4.39 Å². The van der Waals surface area contributed by atoms with Crippen molar-refractivity contribution in [3.63, 3.8) is 0 Å². The summed E-state index contributed by atoms with van der Waals surface area (Å²) in [6, 6.07) is 9.33. The first-order chi connectivity index (χ1) is 14.8. The molecule has 162 valence electrons. The van der Waals surface area contributed by atoms with Crippen LogP contribution >= 0.6 is 27.7 Å². The number of nitrogens with zero attached hydrogens (tertiary/aromatic N) is 1. The summed E-state index contributed by atoms with van der Waals surface area (Å²) in [7, 11) is 0. The number of carbonyl (C=O) groups excluding carboxylic acids is 2. The summed E-state index contributed by atoms with van der Waals surface area (Å²) in [5.41, 5.74) is 1.19. The van der Waals surface area contributed by atoms with E-state index in [9.17, 15) is 18.8 Å². The van der Waals surface area contributed by atoms with Crippen molar-refractivity contribution in [3.05, 3.63) is 62.7 Å². The summed E-state index contributed by atoms with van der Waals surface area (Å²) in [5.74, 6) is -1.50. The SMILES string of the molecule is CCOc1cc(/C=C2/SC(=O)N(CC(=O)O)C2=O)c(Br)cc1OCc1cccc(F)c1. The Bertz CT molecular complexity index is 1070. The molecule has 0 bridgehead atoms. The van der Waals surface area contributed by atoms with Crippen LogP contribution in [-0.4, -0.2) is 40.3 Å². The molecule has 1 heterocycles. The van der Waals surface area contributed by atoms with Crippen LogP contribution in [0.25, 0.3) is 6.08 Å². The van der Waals surface area contributed by atoms with Crippen molar-refractivity contribution in [1.82, 2.24) is 4.90 Å². The standard InChI is InChI=1S/C21H17BrFNO6S/c1-2-29-16-7-13(8-18-20(27)24(10-19(25)26)21(28)31-18)15(22)9-17(16)30-11-12-4-3-5-14(23)6-12/h3-9H,2,10-11H2,1H3,(H,25,26)/b18-8+. The normalized spacial score (nSPS) is 14.9. The molecule has 2 aromatic rings. The number of ether oxygens (including phenoxy) is 2. The fourth-order valence-corrected chi connectivity index (χ4v) is 4.01. The highest BCUT2D eigenvalue weighted by molar-refractivity contribution is 9.10. The Morgan fingerprint density at radius 3 is 2.65 bits per heavy atom. The monoisotopic (exact) mass is 509 g/mol. The Labute approximate surface area is 189 Å². The molecule has 3 rings (SSSR count). The molecule has 1 aliphatic heterocycles. The second-order valence-electron chi connectivity index (χ2n) is 6.33. The first-order valence-corrected chi connectivity index (χ1v) is 10.7. The number of thioether (sulfide) groups is 1. The summed E-state index contributed by atoms with van der Waals surface area (Å²) in [6.07, 6.45) is 1.48. The van der Waals surface area contributed by atoms with E-state index in [4.69, 9.17) is 14.6 Å². The third kappa shape index (κ3) is 5.65. The van der Waals surface area contributed by atoms with Gasteiger partial charge in [-0.05, 0) is 60.2 Å². The van der Waals surface area contributed by atoms with E-state index in [1.807, 2.05) is 0 Å². The molecule has 0 aliphatic carbocycles. The van der Waals surface area contributed by atoms with Crippen LogP contribution in [0.5, 0.6) is 11.5 Å². The molecule has 0 spiro atoms. The second kappa shape index (κ2) is 9.97. The number of imide groups is 1. The number of hydrogen-bond donors (Lipinski definition) is 1. The highest BCUT2D eigenvalue weighted by Crippen LogP contribution is 2.38.